The van der Waals surface area contributed by atoms with Crippen molar-refractivity contribution >= 4 is 15.7 Å². The molecule has 1 atom stereocenters. The Hall–Kier alpha value is -3.03. The van der Waals surface area contributed by atoms with E-state index in [4.69, 9.17) is 0 Å². The monoisotopic (exact) mass is 382 g/mol. The lowest BCUT2D eigenvalue weighted by Gasteiger charge is -2.20. The van der Waals surface area contributed by atoms with Crippen LogP contribution in [0.15, 0.2) is 83.8 Å². The van der Waals surface area contributed by atoms with Crippen LogP contribution in [0.2, 0.25) is 0 Å². The maximum atomic E-state index is 12.9. The Kier molecular flexibility index (Phi) is 5.34. The van der Waals surface area contributed by atoms with Gasteiger partial charge in [0.15, 0.2) is 0 Å². The number of nitrogens with zero attached hydrogens (tertiary/aromatic N) is 1. The fraction of sp³-hybridized carbons (Fsp3) is 0.100. The lowest BCUT2D eigenvalue weighted by Crippen LogP contribution is -2.29. The van der Waals surface area contributed by atoms with Crippen LogP contribution in [0.25, 0.3) is 0 Å². The minimum Gasteiger partial charge on any atom is -0.258 e. The van der Waals surface area contributed by atoms with E-state index in [2.05, 4.69) is 4.72 Å². The number of hydrogen-bond donors (Lipinski definition) is 1. The highest BCUT2D eigenvalue weighted by molar-refractivity contribution is 7.89. The van der Waals surface area contributed by atoms with Gasteiger partial charge in [-0.3, -0.25) is 10.1 Å². The Morgan fingerprint density at radius 3 is 1.96 bits per heavy atom. The predicted octanol–water partition coefficient (Wildman–Crippen LogP) is 3.97. The molecule has 0 aromatic heterocycles. The number of non-ortho nitro benzene ring substituents is 1. The van der Waals surface area contributed by atoms with Gasteiger partial charge in [0.2, 0.25) is 10.0 Å². The van der Waals surface area contributed by atoms with E-state index in [0.717, 1.165) is 16.7 Å². The summed E-state index contributed by atoms with van der Waals surface area (Å²) in [5.74, 6) is 0. The first-order valence-corrected chi connectivity index (χ1v) is 9.73. The molecule has 6 nitrogen and oxygen atoms in total. The molecule has 0 amide bonds. The summed E-state index contributed by atoms with van der Waals surface area (Å²) in [6.07, 6.45) is 0. The number of nitro benzene ring substituents is 1. The zero-order valence-corrected chi connectivity index (χ0v) is 15.4. The third-order valence-electron chi connectivity index (χ3n) is 4.17. The van der Waals surface area contributed by atoms with Gasteiger partial charge in [-0.25, -0.2) is 8.42 Å². The zero-order chi connectivity index (χ0) is 19.4. The van der Waals surface area contributed by atoms with Crippen molar-refractivity contribution in [3.8, 4) is 0 Å². The average Bonchev–Trinajstić information content (AvgIpc) is 2.68. The van der Waals surface area contributed by atoms with Crippen LogP contribution in [-0.2, 0) is 10.0 Å². The Morgan fingerprint density at radius 1 is 0.852 bits per heavy atom. The highest BCUT2D eigenvalue weighted by Gasteiger charge is 2.23. The van der Waals surface area contributed by atoms with Crippen LogP contribution in [0.1, 0.15) is 22.7 Å². The van der Waals surface area contributed by atoms with Gasteiger partial charge < -0.3 is 0 Å². The molecule has 0 aliphatic rings. The number of hydrogen-bond acceptors (Lipinski definition) is 4. The SMILES string of the molecule is Cc1ccc([C@@H](NS(=O)(=O)c2ccc([N+](=O)[O-])cc2)c2ccccc2)cc1. The first kappa shape index (κ1) is 18.8. The summed E-state index contributed by atoms with van der Waals surface area (Å²) in [7, 11) is -3.88. The molecule has 0 heterocycles. The molecule has 0 unspecified atom stereocenters. The van der Waals surface area contributed by atoms with Crippen molar-refractivity contribution in [2.24, 2.45) is 0 Å². The van der Waals surface area contributed by atoms with Gasteiger partial charge in [-0.2, -0.15) is 4.72 Å². The second-order valence-electron chi connectivity index (χ2n) is 6.13. The van der Waals surface area contributed by atoms with Crippen LogP contribution >= 0.6 is 0 Å². The van der Waals surface area contributed by atoms with Crippen LogP contribution in [0.3, 0.4) is 0 Å². The highest BCUT2D eigenvalue weighted by atomic mass is 32.2. The third-order valence-corrected chi connectivity index (χ3v) is 5.61. The van der Waals surface area contributed by atoms with Gasteiger partial charge >= 0.3 is 0 Å². The number of aryl methyl sites for hydroxylation is 1. The van der Waals surface area contributed by atoms with Gasteiger partial charge in [-0.15, -0.1) is 0 Å². The smallest absolute Gasteiger partial charge is 0.258 e. The summed E-state index contributed by atoms with van der Waals surface area (Å²) in [6.45, 7) is 1.96. The Morgan fingerprint density at radius 2 is 1.41 bits per heavy atom. The van der Waals surface area contributed by atoms with Crippen molar-refractivity contribution in [2.75, 3.05) is 0 Å². The van der Waals surface area contributed by atoms with E-state index in [0.29, 0.717) is 0 Å². The molecule has 0 bridgehead atoms. The molecule has 0 aliphatic heterocycles. The van der Waals surface area contributed by atoms with E-state index in [9.17, 15) is 18.5 Å². The quantitative estimate of drug-likeness (QED) is 0.516. The van der Waals surface area contributed by atoms with E-state index >= 15 is 0 Å². The summed E-state index contributed by atoms with van der Waals surface area (Å²) in [5.41, 5.74) is 2.51. The van der Waals surface area contributed by atoms with Crippen molar-refractivity contribution in [3.05, 3.63) is 106 Å². The van der Waals surface area contributed by atoms with Gasteiger partial charge in [0.1, 0.15) is 0 Å². The van der Waals surface area contributed by atoms with Gasteiger partial charge in [0.05, 0.1) is 15.9 Å². The molecular weight excluding hydrogens is 364 g/mol. The molecule has 138 valence electrons. The molecule has 3 aromatic rings. The molecule has 0 saturated carbocycles. The van der Waals surface area contributed by atoms with Crippen LogP contribution in [0.4, 0.5) is 5.69 Å². The second kappa shape index (κ2) is 7.69. The average molecular weight is 382 g/mol. The summed E-state index contributed by atoms with van der Waals surface area (Å²) in [4.78, 5) is 10.2. The van der Waals surface area contributed by atoms with Crippen molar-refractivity contribution < 1.29 is 13.3 Å². The molecule has 3 aromatic carbocycles. The van der Waals surface area contributed by atoms with Gasteiger partial charge in [-0.1, -0.05) is 60.2 Å². The molecule has 7 heteroatoms. The van der Waals surface area contributed by atoms with Gasteiger partial charge in [0.25, 0.3) is 5.69 Å². The van der Waals surface area contributed by atoms with Gasteiger partial charge in [-0.05, 0) is 30.2 Å². The lowest BCUT2D eigenvalue weighted by atomic mass is 9.99. The van der Waals surface area contributed by atoms with E-state index < -0.39 is 21.0 Å². The van der Waals surface area contributed by atoms with Crippen LogP contribution in [-0.4, -0.2) is 13.3 Å². The molecule has 0 aliphatic carbocycles. The molecule has 27 heavy (non-hydrogen) atoms. The summed E-state index contributed by atoms with van der Waals surface area (Å²) < 4.78 is 28.4. The first-order chi connectivity index (χ1) is 12.9. The van der Waals surface area contributed by atoms with Crippen LogP contribution in [0, 0.1) is 17.0 Å². The number of nitrogens with one attached hydrogen (secondary N) is 1. The van der Waals surface area contributed by atoms with Gasteiger partial charge in [0, 0.05) is 12.1 Å². The molecular formula is C20H18N2O4S. The predicted molar refractivity (Wildman–Crippen MR) is 103 cm³/mol. The molecule has 0 saturated heterocycles. The lowest BCUT2D eigenvalue weighted by molar-refractivity contribution is -0.384. The molecule has 0 spiro atoms. The first-order valence-electron chi connectivity index (χ1n) is 8.25. The molecule has 3 rings (SSSR count). The van der Waals surface area contributed by atoms with Crippen molar-refractivity contribution in [2.45, 2.75) is 17.9 Å². The molecule has 0 radical (unpaired) electrons. The Labute approximate surface area is 157 Å². The highest BCUT2D eigenvalue weighted by Crippen LogP contribution is 2.25. The van der Waals surface area contributed by atoms with Crippen molar-refractivity contribution in [1.29, 1.82) is 0 Å². The Bertz CT molecular complexity index is 1030. The fourth-order valence-electron chi connectivity index (χ4n) is 2.70. The standard InChI is InChI=1S/C20H18N2O4S/c1-15-7-9-17(10-8-15)20(16-5-3-2-4-6-16)21-27(25,26)19-13-11-18(12-14-19)22(23)24/h2-14,20-21H,1H3/t20-/m0/s1. The maximum absolute atomic E-state index is 12.9. The minimum absolute atomic E-state index is 0.0267. The summed E-state index contributed by atoms with van der Waals surface area (Å²) in [6, 6.07) is 21.1. The van der Waals surface area contributed by atoms with E-state index in [1.54, 1.807) is 0 Å². The largest absolute Gasteiger partial charge is 0.269 e. The second-order valence-corrected chi connectivity index (χ2v) is 7.84. The fourth-order valence-corrected chi connectivity index (χ4v) is 3.92. The number of sulfonamides is 1. The normalized spacial score (nSPS) is 12.5. The number of nitro groups is 1. The van der Waals surface area contributed by atoms with E-state index in [-0.39, 0.29) is 10.6 Å². The van der Waals surface area contributed by atoms with Crippen molar-refractivity contribution in [1.82, 2.24) is 4.72 Å². The topological polar surface area (TPSA) is 89.3 Å². The minimum atomic E-state index is -3.88. The van der Waals surface area contributed by atoms with E-state index in [1.807, 2.05) is 61.5 Å². The third kappa shape index (κ3) is 4.39. The molecule has 1 N–H and O–H groups in total. The number of rotatable bonds is 6. The van der Waals surface area contributed by atoms with E-state index in [1.165, 1.54) is 24.3 Å². The van der Waals surface area contributed by atoms with Crippen molar-refractivity contribution in [3.63, 3.8) is 0 Å². The number of benzene rings is 3. The maximum Gasteiger partial charge on any atom is 0.269 e. The zero-order valence-electron chi connectivity index (χ0n) is 14.6. The van der Waals surface area contributed by atoms with Crippen LogP contribution < -0.4 is 4.72 Å². The summed E-state index contributed by atoms with van der Waals surface area (Å²) in [5, 5.41) is 10.8. The Balaban J connectivity index is 1.98. The summed E-state index contributed by atoms with van der Waals surface area (Å²) >= 11 is 0. The molecule has 0 fully saturated rings. The van der Waals surface area contributed by atoms with Crippen LogP contribution in [0.5, 0.6) is 0 Å².